The normalized spacial score (nSPS) is 17.8. The molecule has 0 aromatic heterocycles. The number of hydrogen-bond donors (Lipinski definition) is 0. The van der Waals surface area contributed by atoms with Crippen molar-refractivity contribution >= 4 is 78.1 Å². The van der Waals surface area contributed by atoms with Gasteiger partial charge in [0.05, 0.1) is 11.1 Å². The molecule has 0 unspecified atom stereocenters. The van der Waals surface area contributed by atoms with Crippen LogP contribution in [0.25, 0.3) is 43.1 Å². The molecule has 0 spiro atoms. The van der Waals surface area contributed by atoms with Gasteiger partial charge in [0, 0.05) is 94.1 Å². The van der Waals surface area contributed by atoms with Gasteiger partial charge in [0.15, 0.2) is 0 Å². The van der Waals surface area contributed by atoms with Crippen LogP contribution in [0.15, 0.2) is 36.4 Å². The van der Waals surface area contributed by atoms with Crippen LogP contribution in [0.1, 0.15) is 145 Å². The van der Waals surface area contributed by atoms with E-state index in [4.69, 9.17) is 0 Å². The minimum atomic E-state index is -0.213. The van der Waals surface area contributed by atoms with Crippen LogP contribution in [0.2, 0.25) is 0 Å². The first-order valence-electron chi connectivity index (χ1n) is 20.9. The number of nitrogens with zero attached hydrogens (tertiary/aromatic N) is 4. The molecular weight excluding hydrogens is 673 g/mol. The fraction of sp³-hybridized carbons (Fsp3) is 0.478. The molecule has 0 bridgehead atoms. The molecule has 4 amide bonds. The lowest BCUT2D eigenvalue weighted by Gasteiger charge is -2.36. The Bertz CT molecular complexity index is 2170. The number of amides is 4. The van der Waals surface area contributed by atoms with Gasteiger partial charge in [-0.1, -0.05) is 64.5 Å². The zero-order chi connectivity index (χ0) is 37.1. The summed E-state index contributed by atoms with van der Waals surface area (Å²) in [5.41, 5.74) is 4.42. The van der Waals surface area contributed by atoms with Crippen LogP contribution in [0.3, 0.4) is 0 Å². The molecule has 2 fully saturated rings. The lowest BCUT2D eigenvalue weighted by molar-refractivity contribution is 0.0592. The van der Waals surface area contributed by atoms with Gasteiger partial charge in [-0.15, -0.1) is 0 Å². The minimum absolute atomic E-state index is 0.200. The number of hydrogen-bond acceptors (Lipinski definition) is 6. The summed E-state index contributed by atoms with van der Waals surface area (Å²) in [5, 5.41) is 7.42. The Hall–Kier alpha value is -4.72. The van der Waals surface area contributed by atoms with Gasteiger partial charge in [0.25, 0.3) is 23.6 Å². The summed E-state index contributed by atoms with van der Waals surface area (Å²) in [6.07, 6.45) is 14.5. The fourth-order valence-corrected chi connectivity index (χ4v) is 10.1. The maximum Gasteiger partial charge on any atom is 0.261 e. The lowest BCUT2D eigenvalue weighted by atomic mass is 9.80. The van der Waals surface area contributed by atoms with E-state index in [-0.39, 0.29) is 23.6 Å². The number of carbonyl (C=O) groups excluding carboxylic acids is 4. The van der Waals surface area contributed by atoms with Gasteiger partial charge in [0.2, 0.25) is 0 Å². The van der Waals surface area contributed by atoms with Crippen molar-refractivity contribution in [3.63, 3.8) is 0 Å². The van der Waals surface area contributed by atoms with Crippen molar-refractivity contribution in [1.82, 2.24) is 9.80 Å². The van der Waals surface area contributed by atoms with Crippen LogP contribution in [-0.2, 0) is 0 Å². The molecule has 2 saturated heterocycles. The van der Waals surface area contributed by atoms with E-state index < -0.39 is 0 Å². The summed E-state index contributed by atoms with van der Waals surface area (Å²) >= 11 is 0. The van der Waals surface area contributed by atoms with Crippen LogP contribution in [0.4, 0.5) is 11.4 Å². The standard InChI is InChI=1S/C46H52N4O4/c1-3-5-7-15-25-49-43(51)31-19-17-29-40-36(48-23-13-10-14-24-48)28-34-38-32(44(52)50(46(34)54)26-16-8-6-4-2)20-18-30(42(38)40)39-35(47-21-11-9-12-22-47)27-33(45(49)53)37(31)41(29)39/h17-20,27-28H,3-16,21-26H2,1-2H3. The van der Waals surface area contributed by atoms with Crippen molar-refractivity contribution in [1.29, 1.82) is 0 Å². The lowest BCUT2D eigenvalue weighted by Crippen LogP contribution is -2.41. The molecule has 54 heavy (non-hydrogen) atoms. The molecular formula is C46H52N4O4. The maximum atomic E-state index is 14.5. The first-order chi connectivity index (χ1) is 26.4. The summed E-state index contributed by atoms with van der Waals surface area (Å²) in [6.45, 7) is 8.72. The third-order valence-electron chi connectivity index (χ3n) is 12.8. The van der Waals surface area contributed by atoms with Crippen LogP contribution in [0, 0.1) is 0 Å². The Labute approximate surface area is 317 Å². The molecule has 8 heteroatoms. The zero-order valence-corrected chi connectivity index (χ0v) is 32.0. The number of benzene rings is 5. The molecule has 0 atom stereocenters. The first-order valence-corrected chi connectivity index (χ1v) is 20.9. The van der Waals surface area contributed by atoms with Crippen molar-refractivity contribution < 1.29 is 19.2 Å². The van der Waals surface area contributed by atoms with Gasteiger partial charge in [-0.2, -0.15) is 0 Å². The number of anilines is 2. The highest BCUT2D eigenvalue weighted by Crippen LogP contribution is 2.52. The molecule has 0 aliphatic carbocycles. The van der Waals surface area contributed by atoms with E-state index in [1.54, 1.807) is 0 Å². The summed E-state index contributed by atoms with van der Waals surface area (Å²) in [5.74, 6) is -0.827. The monoisotopic (exact) mass is 724 g/mol. The molecule has 280 valence electrons. The predicted octanol–water partition coefficient (Wildman–Crippen LogP) is 10.1. The Kier molecular flexibility index (Phi) is 9.19. The average Bonchev–Trinajstić information content (AvgIpc) is 3.21. The van der Waals surface area contributed by atoms with Gasteiger partial charge >= 0.3 is 0 Å². The minimum Gasteiger partial charge on any atom is -0.371 e. The van der Waals surface area contributed by atoms with E-state index in [0.29, 0.717) is 35.3 Å². The van der Waals surface area contributed by atoms with Crippen molar-refractivity contribution in [3.05, 3.63) is 58.7 Å². The van der Waals surface area contributed by atoms with E-state index in [1.807, 2.05) is 12.1 Å². The van der Waals surface area contributed by atoms with Gasteiger partial charge in [-0.05, 0) is 86.4 Å². The molecule has 0 N–H and O–H groups in total. The number of piperidine rings is 2. The number of rotatable bonds is 12. The van der Waals surface area contributed by atoms with Gasteiger partial charge in [-0.25, -0.2) is 0 Å². The average molecular weight is 725 g/mol. The molecule has 9 rings (SSSR count). The molecule has 0 saturated carbocycles. The maximum absolute atomic E-state index is 14.5. The second-order valence-corrected chi connectivity index (χ2v) is 16.2. The second-order valence-electron chi connectivity index (χ2n) is 16.2. The van der Waals surface area contributed by atoms with Crippen LogP contribution < -0.4 is 9.80 Å². The number of unbranched alkanes of at least 4 members (excludes halogenated alkanes) is 6. The van der Waals surface area contributed by atoms with E-state index in [2.05, 4.69) is 47.9 Å². The smallest absolute Gasteiger partial charge is 0.261 e. The Morgan fingerprint density at radius 2 is 0.815 bits per heavy atom. The predicted molar refractivity (Wildman–Crippen MR) is 219 cm³/mol. The third kappa shape index (κ3) is 5.37. The van der Waals surface area contributed by atoms with E-state index >= 15 is 0 Å². The highest BCUT2D eigenvalue weighted by molar-refractivity contribution is 6.44. The van der Waals surface area contributed by atoms with E-state index in [1.165, 1.54) is 22.6 Å². The molecule has 5 aromatic rings. The SMILES string of the molecule is CCCCCCN1C(=O)c2ccc3c4c(N5CCCCC5)cc5c6c(ccc(c7c(N8CCCCC8)cc(c2c37)C1=O)c64)C(=O)N(CCCCCC)C5=O. The number of fused-ring (bicyclic) bond motifs is 2. The highest BCUT2D eigenvalue weighted by Gasteiger charge is 2.39. The molecule has 8 nitrogen and oxygen atoms in total. The van der Waals surface area contributed by atoms with E-state index in [0.717, 1.165) is 158 Å². The molecule has 5 aromatic carbocycles. The topological polar surface area (TPSA) is 81.2 Å². The molecule has 4 aliphatic rings. The Morgan fingerprint density at radius 1 is 0.426 bits per heavy atom. The summed E-state index contributed by atoms with van der Waals surface area (Å²) in [7, 11) is 0. The summed E-state index contributed by atoms with van der Waals surface area (Å²) in [4.78, 5) is 65.5. The first kappa shape index (κ1) is 35.0. The van der Waals surface area contributed by atoms with Gasteiger partial charge < -0.3 is 9.80 Å². The van der Waals surface area contributed by atoms with Crippen LogP contribution in [-0.4, -0.2) is 72.7 Å². The summed E-state index contributed by atoms with van der Waals surface area (Å²) in [6, 6.07) is 12.2. The van der Waals surface area contributed by atoms with Gasteiger partial charge in [-0.3, -0.25) is 29.0 Å². The Morgan fingerprint density at radius 3 is 1.20 bits per heavy atom. The quantitative estimate of drug-likeness (QED) is 0.0552. The van der Waals surface area contributed by atoms with Crippen molar-refractivity contribution in [2.24, 2.45) is 0 Å². The number of carbonyl (C=O) groups is 4. The fourth-order valence-electron chi connectivity index (χ4n) is 10.1. The second kappa shape index (κ2) is 14.2. The molecule has 4 heterocycles. The van der Waals surface area contributed by atoms with Crippen LogP contribution >= 0.6 is 0 Å². The van der Waals surface area contributed by atoms with Crippen molar-refractivity contribution in [3.8, 4) is 0 Å². The molecule has 0 radical (unpaired) electrons. The van der Waals surface area contributed by atoms with Crippen molar-refractivity contribution in [2.45, 2.75) is 104 Å². The van der Waals surface area contributed by atoms with Gasteiger partial charge in [0.1, 0.15) is 0 Å². The Balaban J connectivity index is 1.36. The number of imide groups is 2. The molecule has 4 aliphatic heterocycles. The third-order valence-corrected chi connectivity index (χ3v) is 12.8. The largest absolute Gasteiger partial charge is 0.371 e. The van der Waals surface area contributed by atoms with Crippen molar-refractivity contribution in [2.75, 3.05) is 49.1 Å². The zero-order valence-electron chi connectivity index (χ0n) is 32.0. The summed E-state index contributed by atoms with van der Waals surface area (Å²) < 4.78 is 0. The van der Waals surface area contributed by atoms with Crippen LogP contribution in [0.5, 0.6) is 0 Å². The highest BCUT2D eigenvalue weighted by atomic mass is 16.2. The van der Waals surface area contributed by atoms with E-state index in [9.17, 15) is 19.2 Å².